The van der Waals surface area contributed by atoms with E-state index in [1.165, 1.54) is 41.7 Å². The van der Waals surface area contributed by atoms with Crippen LogP contribution in [0.1, 0.15) is 25.3 Å². The third kappa shape index (κ3) is 3.73. The molecule has 2 nitrogen and oxygen atoms in total. The highest BCUT2D eigenvalue weighted by atomic mass is 79.9. The summed E-state index contributed by atoms with van der Waals surface area (Å²) in [5.74, 6) is 0. The van der Waals surface area contributed by atoms with E-state index < -0.39 is 0 Å². The molecule has 0 N–H and O–H groups in total. The smallest absolute Gasteiger partial charge is 0.0508 e. The first-order chi connectivity index (χ1) is 9.15. The summed E-state index contributed by atoms with van der Waals surface area (Å²) in [6.45, 7) is 5.81. The Morgan fingerprint density at radius 1 is 1.42 bits per heavy atom. The Morgan fingerprint density at radius 3 is 2.84 bits per heavy atom. The molecule has 2 rings (SSSR count). The molecule has 1 aliphatic heterocycles. The molecule has 0 saturated carbocycles. The monoisotopic (exact) mass is 388 g/mol. The lowest BCUT2D eigenvalue weighted by atomic mass is 10.1. The second-order valence-corrected chi connectivity index (χ2v) is 6.64. The Bertz CT molecular complexity index is 423. The van der Waals surface area contributed by atoms with Gasteiger partial charge in [0.05, 0.1) is 5.69 Å². The fourth-order valence-electron chi connectivity index (χ4n) is 2.88. The average molecular weight is 390 g/mol. The second-order valence-electron chi connectivity index (χ2n) is 5.22. The fraction of sp³-hybridized carbons (Fsp3) is 0.600. The van der Waals surface area contributed by atoms with Crippen molar-refractivity contribution in [3.05, 3.63) is 28.2 Å². The third-order valence-corrected chi connectivity index (χ3v) is 5.25. The molecule has 1 atom stereocenters. The van der Waals surface area contributed by atoms with Crippen LogP contribution in [0.4, 0.5) is 5.69 Å². The van der Waals surface area contributed by atoms with E-state index in [0.717, 1.165) is 11.9 Å². The van der Waals surface area contributed by atoms with Crippen molar-refractivity contribution in [1.29, 1.82) is 0 Å². The van der Waals surface area contributed by atoms with Crippen molar-refractivity contribution < 1.29 is 0 Å². The van der Waals surface area contributed by atoms with Crippen LogP contribution in [0.5, 0.6) is 0 Å². The van der Waals surface area contributed by atoms with Crippen LogP contribution in [-0.4, -0.2) is 37.6 Å². The minimum absolute atomic E-state index is 0.706. The maximum Gasteiger partial charge on any atom is 0.0508 e. The van der Waals surface area contributed by atoms with Crippen molar-refractivity contribution in [2.24, 2.45) is 0 Å². The average Bonchev–Trinajstić information content (AvgIpc) is 2.85. The zero-order chi connectivity index (χ0) is 13.8. The van der Waals surface area contributed by atoms with Crippen molar-refractivity contribution in [3.63, 3.8) is 0 Å². The molecular weight excluding hydrogens is 368 g/mol. The fourth-order valence-corrected chi connectivity index (χ4v) is 3.95. The van der Waals surface area contributed by atoms with Gasteiger partial charge in [0.25, 0.3) is 0 Å². The van der Waals surface area contributed by atoms with E-state index in [0.29, 0.717) is 6.04 Å². The number of hydrogen-bond donors (Lipinski definition) is 0. The SMILES string of the molecule is CCN1CCCC1CN(C)c1ccc(CBr)cc1Br. The van der Waals surface area contributed by atoms with E-state index >= 15 is 0 Å². The number of rotatable bonds is 5. The molecule has 106 valence electrons. The molecule has 0 radical (unpaired) electrons. The third-order valence-electron chi connectivity index (χ3n) is 3.97. The van der Waals surface area contributed by atoms with Gasteiger partial charge in [0.2, 0.25) is 0 Å². The van der Waals surface area contributed by atoms with E-state index in [2.05, 4.69) is 73.8 Å². The van der Waals surface area contributed by atoms with Gasteiger partial charge in [0, 0.05) is 29.4 Å². The van der Waals surface area contributed by atoms with E-state index in [1.807, 2.05) is 0 Å². The minimum atomic E-state index is 0.706. The standard InChI is InChI=1S/C15H22Br2N2/c1-3-19-8-4-5-13(19)11-18(2)15-7-6-12(10-16)9-14(15)17/h6-7,9,13H,3-5,8,10-11H2,1-2H3. The number of nitrogens with zero attached hydrogens (tertiary/aromatic N) is 2. The number of anilines is 1. The summed E-state index contributed by atoms with van der Waals surface area (Å²) in [7, 11) is 2.19. The first kappa shape index (κ1) is 15.3. The molecule has 1 heterocycles. The molecule has 1 aromatic carbocycles. The molecule has 19 heavy (non-hydrogen) atoms. The van der Waals surface area contributed by atoms with Crippen molar-refractivity contribution in [2.75, 3.05) is 31.6 Å². The van der Waals surface area contributed by atoms with Gasteiger partial charge in [-0.2, -0.15) is 0 Å². The van der Waals surface area contributed by atoms with Crippen LogP contribution in [-0.2, 0) is 5.33 Å². The molecule has 0 amide bonds. The van der Waals surface area contributed by atoms with Gasteiger partial charge >= 0.3 is 0 Å². The summed E-state index contributed by atoms with van der Waals surface area (Å²) in [6.07, 6.45) is 2.67. The molecule has 1 aromatic rings. The number of alkyl halides is 1. The molecule has 1 unspecified atom stereocenters. The number of halogens is 2. The van der Waals surface area contributed by atoms with Crippen molar-refractivity contribution in [1.82, 2.24) is 4.90 Å². The second kappa shape index (κ2) is 7.09. The van der Waals surface area contributed by atoms with Crippen molar-refractivity contribution in [2.45, 2.75) is 31.1 Å². The first-order valence-corrected chi connectivity index (χ1v) is 8.86. The highest BCUT2D eigenvalue weighted by Crippen LogP contribution is 2.29. The maximum atomic E-state index is 3.69. The van der Waals surface area contributed by atoms with Crippen LogP contribution in [0.25, 0.3) is 0 Å². The minimum Gasteiger partial charge on any atom is -0.372 e. The van der Waals surface area contributed by atoms with Crippen LogP contribution < -0.4 is 4.90 Å². The van der Waals surface area contributed by atoms with Gasteiger partial charge in [-0.25, -0.2) is 0 Å². The van der Waals surface area contributed by atoms with Gasteiger partial charge in [-0.3, -0.25) is 4.90 Å². The van der Waals surface area contributed by atoms with Crippen LogP contribution in [0.15, 0.2) is 22.7 Å². The van der Waals surface area contributed by atoms with Crippen LogP contribution >= 0.6 is 31.9 Å². The van der Waals surface area contributed by atoms with E-state index in [1.54, 1.807) is 0 Å². The molecule has 4 heteroatoms. The zero-order valence-corrected chi connectivity index (χ0v) is 14.9. The quantitative estimate of drug-likeness (QED) is 0.694. The lowest BCUT2D eigenvalue weighted by Gasteiger charge is -2.29. The predicted octanol–water partition coefficient (Wildman–Crippen LogP) is 4.26. The Balaban J connectivity index is 2.05. The highest BCUT2D eigenvalue weighted by Gasteiger charge is 2.24. The summed E-state index contributed by atoms with van der Waals surface area (Å²) in [4.78, 5) is 4.97. The molecule has 0 aromatic heterocycles. The highest BCUT2D eigenvalue weighted by molar-refractivity contribution is 9.10. The summed E-state index contributed by atoms with van der Waals surface area (Å²) < 4.78 is 1.19. The number of likely N-dealkylation sites (tertiary alicyclic amines) is 1. The normalized spacial score (nSPS) is 19.9. The van der Waals surface area contributed by atoms with Crippen molar-refractivity contribution >= 4 is 37.5 Å². The Labute approximate surface area is 133 Å². The Kier molecular flexibility index (Phi) is 5.72. The van der Waals surface area contributed by atoms with Gasteiger partial charge in [-0.15, -0.1) is 0 Å². The van der Waals surface area contributed by atoms with Crippen LogP contribution in [0, 0.1) is 0 Å². The van der Waals surface area contributed by atoms with Crippen molar-refractivity contribution in [3.8, 4) is 0 Å². The molecular formula is C15H22Br2N2. The molecule has 1 saturated heterocycles. The molecule has 0 aliphatic carbocycles. The molecule has 1 fully saturated rings. The van der Waals surface area contributed by atoms with Gasteiger partial charge < -0.3 is 4.90 Å². The summed E-state index contributed by atoms with van der Waals surface area (Å²) in [5.41, 5.74) is 2.59. The predicted molar refractivity (Wildman–Crippen MR) is 90.3 cm³/mol. The first-order valence-electron chi connectivity index (χ1n) is 6.95. The maximum absolute atomic E-state index is 3.69. The van der Waals surface area contributed by atoms with E-state index in [4.69, 9.17) is 0 Å². The number of likely N-dealkylation sites (N-methyl/N-ethyl adjacent to an activating group) is 2. The van der Waals surface area contributed by atoms with Crippen LogP contribution in [0.2, 0.25) is 0 Å². The molecule has 0 spiro atoms. The topological polar surface area (TPSA) is 6.48 Å². The molecule has 1 aliphatic rings. The van der Waals surface area contributed by atoms with Gasteiger partial charge in [0.1, 0.15) is 0 Å². The summed E-state index contributed by atoms with van der Waals surface area (Å²) in [5, 5.41) is 0.905. The van der Waals surface area contributed by atoms with Gasteiger partial charge in [0.15, 0.2) is 0 Å². The summed E-state index contributed by atoms with van der Waals surface area (Å²) >= 11 is 7.19. The number of hydrogen-bond acceptors (Lipinski definition) is 2. The zero-order valence-electron chi connectivity index (χ0n) is 11.7. The molecule has 0 bridgehead atoms. The number of benzene rings is 1. The van der Waals surface area contributed by atoms with Gasteiger partial charge in [-0.05, 0) is 59.6 Å². The Morgan fingerprint density at radius 2 is 2.21 bits per heavy atom. The lowest BCUT2D eigenvalue weighted by molar-refractivity contribution is 0.270. The Hall–Kier alpha value is -0.0600. The lowest BCUT2D eigenvalue weighted by Crippen LogP contribution is -2.38. The van der Waals surface area contributed by atoms with E-state index in [9.17, 15) is 0 Å². The summed E-state index contributed by atoms with van der Waals surface area (Å²) in [6, 6.07) is 7.31. The van der Waals surface area contributed by atoms with Gasteiger partial charge in [-0.1, -0.05) is 28.9 Å². The van der Waals surface area contributed by atoms with Crippen LogP contribution in [0.3, 0.4) is 0 Å². The largest absolute Gasteiger partial charge is 0.372 e. The van der Waals surface area contributed by atoms with E-state index in [-0.39, 0.29) is 0 Å².